The number of hydrogen-bond acceptors (Lipinski definition) is 3. The van der Waals surface area contributed by atoms with E-state index in [-0.39, 0.29) is 5.41 Å². The molecule has 0 radical (unpaired) electrons. The van der Waals surface area contributed by atoms with Gasteiger partial charge in [0, 0.05) is 31.1 Å². The molecule has 98 valence electrons. The highest BCUT2D eigenvalue weighted by Gasteiger charge is 2.41. The SMILES string of the molecule is CCCC1(C(=O)N2CCSCC2)CCCNC1. The summed E-state index contributed by atoms with van der Waals surface area (Å²) >= 11 is 1.97. The van der Waals surface area contributed by atoms with Crippen molar-refractivity contribution in [3.8, 4) is 0 Å². The highest BCUT2D eigenvalue weighted by Crippen LogP contribution is 2.34. The van der Waals surface area contributed by atoms with E-state index in [1.165, 1.54) is 0 Å². The van der Waals surface area contributed by atoms with Gasteiger partial charge >= 0.3 is 0 Å². The minimum absolute atomic E-state index is 0.0883. The Kier molecular flexibility index (Phi) is 4.74. The topological polar surface area (TPSA) is 32.3 Å². The molecule has 2 heterocycles. The number of carbonyl (C=O) groups is 1. The van der Waals surface area contributed by atoms with Crippen molar-refractivity contribution in [2.75, 3.05) is 37.7 Å². The van der Waals surface area contributed by atoms with Gasteiger partial charge in [-0.1, -0.05) is 13.3 Å². The maximum absolute atomic E-state index is 12.7. The van der Waals surface area contributed by atoms with Crippen molar-refractivity contribution in [1.82, 2.24) is 10.2 Å². The molecule has 0 spiro atoms. The van der Waals surface area contributed by atoms with Crippen LogP contribution >= 0.6 is 11.8 Å². The van der Waals surface area contributed by atoms with Crippen LogP contribution in [0, 0.1) is 5.41 Å². The van der Waals surface area contributed by atoms with E-state index in [1.54, 1.807) is 0 Å². The van der Waals surface area contributed by atoms with E-state index < -0.39 is 0 Å². The van der Waals surface area contributed by atoms with E-state index >= 15 is 0 Å². The van der Waals surface area contributed by atoms with Crippen molar-refractivity contribution in [2.24, 2.45) is 5.41 Å². The van der Waals surface area contributed by atoms with Gasteiger partial charge in [0.2, 0.25) is 5.91 Å². The van der Waals surface area contributed by atoms with Crippen molar-refractivity contribution in [2.45, 2.75) is 32.6 Å². The van der Waals surface area contributed by atoms with Gasteiger partial charge in [-0.15, -0.1) is 0 Å². The van der Waals surface area contributed by atoms with Gasteiger partial charge in [-0.2, -0.15) is 11.8 Å². The second kappa shape index (κ2) is 6.10. The Morgan fingerprint density at radius 3 is 2.76 bits per heavy atom. The molecule has 17 heavy (non-hydrogen) atoms. The second-order valence-electron chi connectivity index (χ2n) is 5.22. The molecular formula is C13H24N2OS. The lowest BCUT2D eigenvalue weighted by molar-refractivity contribution is -0.143. The molecule has 0 aromatic carbocycles. The van der Waals surface area contributed by atoms with Crippen molar-refractivity contribution < 1.29 is 4.79 Å². The number of carbonyl (C=O) groups excluding carboxylic acids is 1. The summed E-state index contributed by atoms with van der Waals surface area (Å²) in [5.74, 6) is 2.65. The average Bonchev–Trinajstić information content (AvgIpc) is 2.40. The lowest BCUT2D eigenvalue weighted by atomic mass is 9.75. The van der Waals surface area contributed by atoms with Crippen molar-refractivity contribution >= 4 is 17.7 Å². The number of nitrogens with one attached hydrogen (secondary N) is 1. The molecule has 1 N–H and O–H groups in total. The van der Waals surface area contributed by atoms with E-state index in [9.17, 15) is 4.79 Å². The highest BCUT2D eigenvalue weighted by molar-refractivity contribution is 7.99. The van der Waals surface area contributed by atoms with Crippen LogP contribution in [-0.4, -0.2) is 48.5 Å². The van der Waals surface area contributed by atoms with Crippen LogP contribution in [0.2, 0.25) is 0 Å². The Balaban J connectivity index is 2.05. The highest BCUT2D eigenvalue weighted by atomic mass is 32.2. The summed E-state index contributed by atoms with van der Waals surface area (Å²) in [5.41, 5.74) is -0.0883. The molecule has 2 aliphatic rings. The van der Waals surface area contributed by atoms with Crippen LogP contribution in [0.3, 0.4) is 0 Å². The van der Waals surface area contributed by atoms with Crippen LogP contribution in [0.4, 0.5) is 0 Å². The van der Waals surface area contributed by atoms with Gasteiger partial charge in [-0.05, 0) is 25.8 Å². The molecule has 1 atom stereocenters. The fraction of sp³-hybridized carbons (Fsp3) is 0.923. The fourth-order valence-corrected chi connectivity index (χ4v) is 3.95. The lowest BCUT2D eigenvalue weighted by Crippen LogP contribution is -2.53. The molecule has 1 amide bonds. The molecule has 0 bridgehead atoms. The minimum Gasteiger partial charge on any atom is -0.341 e. The quantitative estimate of drug-likeness (QED) is 0.834. The number of thioether (sulfide) groups is 1. The van der Waals surface area contributed by atoms with E-state index in [2.05, 4.69) is 17.1 Å². The Labute approximate surface area is 109 Å². The summed E-state index contributed by atoms with van der Waals surface area (Å²) in [5, 5.41) is 3.43. The monoisotopic (exact) mass is 256 g/mol. The number of amides is 1. The minimum atomic E-state index is -0.0883. The van der Waals surface area contributed by atoms with Crippen molar-refractivity contribution in [3.05, 3.63) is 0 Å². The number of nitrogens with zero attached hydrogens (tertiary/aromatic N) is 1. The molecule has 2 saturated heterocycles. The zero-order valence-corrected chi connectivity index (χ0v) is 11.7. The first-order valence-corrected chi connectivity index (χ1v) is 8.02. The Morgan fingerprint density at radius 2 is 2.18 bits per heavy atom. The predicted octanol–water partition coefficient (Wildman–Crippen LogP) is 1.73. The summed E-state index contributed by atoms with van der Waals surface area (Å²) in [6, 6.07) is 0. The van der Waals surface area contributed by atoms with E-state index in [0.29, 0.717) is 5.91 Å². The van der Waals surface area contributed by atoms with Crippen LogP contribution in [-0.2, 0) is 4.79 Å². The number of rotatable bonds is 3. The second-order valence-corrected chi connectivity index (χ2v) is 6.44. The van der Waals surface area contributed by atoms with Crippen molar-refractivity contribution in [1.29, 1.82) is 0 Å². The van der Waals surface area contributed by atoms with Crippen LogP contribution in [0.15, 0.2) is 0 Å². The third-order valence-electron chi connectivity index (χ3n) is 3.95. The molecular weight excluding hydrogens is 232 g/mol. The Morgan fingerprint density at radius 1 is 1.41 bits per heavy atom. The molecule has 1 unspecified atom stereocenters. The van der Waals surface area contributed by atoms with Crippen LogP contribution in [0.1, 0.15) is 32.6 Å². The van der Waals surface area contributed by atoms with Gasteiger partial charge in [0.05, 0.1) is 5.41 Å². The fourth-order valence-electron chi connectivity index (χ4n) is 3.05. The molecule has 2 rings (SSSR count). The molecule has 0 aromatic heterocycles. The third-order valence-corrected chi connectivity index (χ3v) is 4.90. The van der Waals surface area contributed by atoms with E-state index in [1.807, 2.05) is 11.8 Å². The summed E-state index contributed by atoms with van der Waals surface area (Å²) in [6.45, 7) is 6.07. The zero-order chi connectivity index (χ0) is 12.1. The predicted molar refractivity (Wildman–Crippen MR) is 73.3 cm³/mol. The van der Waals surface area contributed by atoms with Gasteiger partial charge in [0.15, 0.2) is 0 Å². The smallest absolute Gasteiger partial charge is 0.230 e. The molecule has 0 aromatic rings. The van der Waals surface area contributed by atoms with E-state index in [0.717, 1.165) is 63.4 Å². The van der Waals surface area contributed by atoms with E-state index in [4.69, 9.17) is 0 Å². The maximum Gasteiger partial charge on any atom is 0.230 e. The Bertz CT molecular complexity index is 253. The molecule has 0 saturated carbocycles. The summed E-state index contributed by atoms with van der Waals surface area (Å²) < 4.78 is 0. The number of piperidine rings is 1. The molecule has 2 aliphatic heterocycles. The largest absolute Gasteiger partial charge is 0.341 e. The maximum atomic E-state index is 12.7. The van der Waals surface area contributed by atoms with Gasteiger partial charge in [0.25, 0.3) is 0 Å². The summed E-state index contributed by atoms with van der Waals surface area (Å²) in [6.07, 6.45) is 4.38. The lowest BCUT2D eigenvalue weighted by Gasteiger charge is -2.41. The normalized spacial score (nSPS) is 30.3. The molecule has 2 fully saturated rings. The van der Waals surface area contributed by atoms with Crippen molar-refractivity contribution in [3.63, 3.8) is 0 Å². The summed E-state index contributed by atoms with van der Waals surface area (Å²) in [7, 11) is 0. The first kappa shape index (κ1) is 13.2. The molecule has 0 aliphatic carbocycles. The zero-order valence-electron chi connectivity index (χ0n) is 10.8. The molecule has 4 heteroatoms. The number of hydrogen-bond donors (Lipinski definition) is 1. The van der Waals surface area contributed by atoms with Gasteiger partial charge in [0.1, 0.15) is 0 Å². The van der Waals surface area contributed by atoms with Crippen LogP contribution in [0.5, 0.6) is 0 Å². The average molecular weight is 256 g/mol. The van der Waals surface area contributed by atoms with Crippen LogP contribution < -0.4 is 5.32 Å². The first-order chi connectivity index (χ1) is 8.28. The Hall–Kier alpha value is -0.220. The standard InChI is InChI=1S/C13H24N2OS/c1-2-4-13(5-3-6-14-11-13)12(16)15-7-9-17-10-8-15/h14H,2-11H2,1H3. The molecule has 3 nitrogen and oxygen atoms in total. The summed E-state index contributed by atoms with van der Waals surface area (Å²) in [4.78, 5) is 14.9. The first-order valence-electron chi connectivity index (χ1n) is 6.86. The van der Waals surface area contributed by atoms with Gasteiger partial charge in [-0.3, -0.25) is 4.79 Å². The third kappa shape index (κ3) is 2.97. The van der Waals surface area contributed by atoms with Gasteiger partial charge < -0.3 is 10.2 Å². The van der Waals surface area contributed by atoms with Crippen LogP contribution in [0.25, 0.3) is 0 Å². The van der Waals surface area contributed by atoms with Gasteiger partial charge in [-0.25, -0.2) is 0 Å².